The SMILES string of the molecule is CCCCCCCCCC[C@@H](O)[C@H]1CCC([C@H]2CC[C@H]([C@H](O)CCCCCCCCCC[C@H](O)CC3=C[C@H](C)OC3=O)O2)O1. The van der Waals surface area contributed by atoms with Crippen molar-refractivity contribution in [3.63, 3.8) is 0 Å². The van der Waals surface area contributed by atoms with Gasteiger partial charge in [-0.1, -0.05) is 110 Å². The number of rotatable bonds is 25. The Bertz CT molecular complexity index is 801. The van der Waals surface area contributed by atoms with E-state index in [9.17, 15) is 20.1 Å². The van der Waals surface area contributed by atoms with Gasteiger partial charge in [0.05, 0.1) is 42.7 Å². The third kappa shape index (κ3) is 14.2. The van der Waals surface area contributed by atoms with Crippen molar-refractivity contribution in [2.45, 2.75) is 217 Å². The zero-order valence-corrected chi connectivity index (χ0v) is 28.1. The number of hydrogen-bond donors (Lipinski definition) is 3. The molecule has 3 aliphatic rings. The first kappa shape index (κ1) is 37.5. The maximum Gasteiger partial charge on any atom is 0.334 e. The van der Waals surface area contributed by atoms with E-state index in [0.717, 1.165) is 77.0 Å². The molecule has 0 aromatic heterocycles. The first-order chi connectivity index (χ1) is 21.4. The minimum Gasteiger partial charge on any atom is -0.455 e. The number of hydrogen-bond acceptors (Lipinski definition) is 7. The second kappa shape index (κ2) is 21.7. The Kier molecular flexibility index (Phi) is 18.5. The van der Waals surface area contributed by atoms with Crippen molar-refractivity contribution < 1.29 is 34.3 Å². The lowest BCUT2D eigenvalue weighted by atomic mass is 10.00. The number of aliphatic hydroxyl groups is 3. The number of cyclic esters (lactones) is 1. The molecule has 7 heteroatoms. The van der Waals surface area contributed by atoms with Crippen LogP contribution in [0.25, 0.3) is 0 Å². The molecule has 0 saturated carbocycles. The first-order valence-corrected chi connectivity index (χ1v) is 18.6. The van der Waals surface area contributed by atoms with Gasteiger partial charge in [-0.2, -0.15) is 0 Å². The van der Waals surface area contributed by atoms with Gasteiger partial charge in [0.1, 0.15) is 6.10 Å². The summed E-state index contributed by atoms with van der Waals surface area (Å²) in [7, 11) is 0. The molecule has 2 saturated heterocycles. The highest BCUT2D eigenvalue weighted by molar-refractivity contribution is 5.90. The van der Waals surface area contributed by atoms with Crippen molar-refractivity contribution in [2.75, 3.05) is 0 Å². The Morgan fingerprint density at radius 3 is 1.52 bits per heavy atom. The molecule has 256 valence electrons. The van der Waals surface area contributed by atoms with Gasteiger partial charge in [0.15, 0.2) is 0 Å². The lowest BCUT2D eigenvalue weighted by Crippen LogP contribution is -2.33. The monoisotopic (exact) mass is 622 g/mol. The van der Waals surface area contributed by atoms with Crippen LogP contribution in [0.15, 0.2) is 11.6 Å². The minimum absolute atomic E-state index is 0.0519. The molecule has 7 nitrogen and oxygen atoms in total. The van der Waals surface area contributed by atoms with Crippen LogP contribution >= 0.6 is 0 Å². The number of carbonyl (C=O) groups is 1. The molecule has 0 radical (unpaired) electrons. The summed E-state index contributed by atoms with van der Waals surface area (Å²) in [4.78, 5) is 11.7. The van der Waals surface area contributed by atoms with E-state index < -0.39 is 12.2 Å². The standard InChI is InChI=1S/C37H66O7/c1-3-4-5-6-7-11-14-17-20-31(39)33-22-24-35(43-33)36-25-23-34(44-36)32(40)21-18-15-12-9-8-10-13-16-19-30(38)27-29-26-28(2)42-37(29)41/h26,28,30-36,38-40H,3-25,27H2,1-2H3/t28-,30-,31+,32+,33+,34+,35?,36+/m0/s1. The summed E-state index contributed by atoms with van der Waals surface area (Å²) in [5.74, 6) is -0.281. The summed E-state index contributed by atoms with van der Waals surface area (Å²) in [6.45, 7) is 4.09. The lowest BCUT2D eigenvalue weighted by molar-refractivity contribution is -0.139. The van der Waals surface area contributed by atoms with Crippen LogP contribution in [0.3, 0.4) is 0 Å². The molecule has 0 amide bonds. The van der Waals surface area contributed by atoms with Gasteiger partial charge in [-0.3, -0.25) is 0 Å². The van der Waals surface area contributed by atoms with Crippen molar-refractivity contribution in [3.05, 3.63) is 11.6 Å². The molecular formula is C37H66O7. The first-order valence-electron chi connectivity index (χ1n) is 18.6. The average Bonchev–Trinajstić information content (AvgIpc) is 3.75. The van der Waals surface area contributed by atoms with Crippen molar-refractivity contribution in [1.29, 1.82) is 0 Å². The van der Waals surface area contributed by atoms with Gasteiger partial charge in [0.2, 0.25) is 0 Å². The molecule has 0 aromatic rings. The fourth-order valence-corrected chi connectivity index (χ4v) is 7.28. The normalized spacial score (nSPS) is 27.4. The fourth-order valence-electron chi connectivity index (χ4n) is 7.28. The molecule has 0 aromatic carbocycles. The van der Waals surface area contributed by atoms with E-state index in [1.165, 1.54) is 70.6 Å². The van der Waals surface area contributed by atoms with Crippen LogP contribution in [-0.2, 0) is 19.0 Å². The second-order valence-electron chi connectivity index (χ2n) is 14.0. The zero-order chi connectivity index (χ0) is 31.6. The van der Waals surface area contributed by atoms with Gasteiger partial charge < -0.3 is 29.5 Å². The highest BCUT2D eigenvalue weighted by atomic mass is 16.6. The van der Waals surface area contributed by atoms with Gasteiger partial charge in [0, 0.05) is 12.0 Å². The van der Waals surface area contributed by atoms with Crippen LogP contribution in [0.2, 0.25) is 0 Å². The Morgan fingerprint density at radius 2 is 1.09 bits per heavy atom. The number of esters is 1. The number of aliphatic hydroxyl groups excluding tert-OH is 3. The Hall–Kier alpha value is -0.990. The van der Waals surface area contributed by atoms with Gasteiger partial charge in [-0.25, -0.2) is 4.79 Å². The summed E-state index contributed by atoms with van der Waals surface area (Å²) in [6.07, 6.45) is 26.1. The van der Waals surface area contributed by atoms with Crippen LogP contribution in [0.1, 0.15) is 168 Å². The van der Waals surface area contributed by atoms with Crippen LogP contribution in [0.4, 0.5) is 0 Å². The predicted octanol–water partition coefficient (Wildman–Crippen LogP) is 7.86. The topological polar surface area (TPSA) is 105 Å². The quantitative estimate of drug-likeness (QED) is 0.0703. The number of ether oxygens (including phenoxy) is 3. The Labute approximate surface area is 268 Å². The summed E-state index contributed by atoms with van der Waals surface area (Å²) in [6, 6.07) is 0. The molecule has 0 aliphatic carbocycles. The van der Waals surface area contributed by atoms with Gasteiger partial charge in [-0.15, -0.1) is 0 Å². The zero-order valence-electron chi connectivity index (χ0n) is 28.1. The van der Waals surface area contributed by atoms with E-state index >= 15 is 0 Å². The van der Waals surface area contributed by atoms with E-state index in [1.807, 2.05) is 13.0 Å². The number of carbonyl (C=O) groups excluding carboxylic acids is 1. The van der Waals surface area contributed by atoms with Gasteiger partial charge >= 0.3 is 5.97 Å². The van der Waals surface area contributed by atoms with E-state index in [2.05, 4.69) is 6.92 Å². The van der Waals surface area contributed by atoms with Gasteiger partial charge in [-0.05, 0) is 57.9 Å². The molecule has 1 unspecified atom stereocenters. The van der Waals surface area contributed by atoms with E-state index in [1.54, 1.807) is 0 Å². The molecule has 44 heavy (non-hydrogen) atoms. The van der Waals surface area contributed by atoms with Crippen molar-refractivity contribution in [2.24, 2.45) is 0 Å². The van der Waals surface area contributed by atoms with Crippen molar-refractivity contribution in [1.82, 2.24) is 0 Å². The summed E-state index contributed by atoms with van der Waals surface area (Å²) in [5, 5.41) is 31.6. The summed E-state index contributed by atoms with van der Waals surface area (Å²) in [5.41, 5.74) is 0.617. The third-order valence-electron chi connectivity index (χ3n) is 10.0. The molecular weight excluding hydrogens is 556 g/mol. The molecule has 3 aliphatic heterocycles. The molecule has 0 bridgehead atoms. The smallest absolute Gasteiger partial charge is 0.334 e. The average molecular weight is 623 g/mol. The largest absolute Gasteiger partial charge is 0.455 e. The van der Waals surface area contributed by atoms with Crippen molar-refractivity contribution in [3.8, 4) is 0 Å². The summed E-state index contributed by atoms with van der Waals surface area (Å²) >= 11 is 0. The predicted molar refractivity (Wildman–Crippen MR) is 175 cm³/mol. The van der Waals surface area contributed by atoms with Crippen LogP contribution in [0.5, 0.6) is 0 Å². The summed E-state index contributed by atoms with van der Waals surface area (Å²) < 4.78 is 17.7. The minimum atomic E-state index is -0.463. The molecule has 3 N–H and O–H groups in total. The van der Waals surface area contributed by atoms with E-state index in [0.29, 0.717) is 12.0 Å². The number of unbranched alkanes of at least 4 members (excludes halogenated alkanes) is 14. The molecule has 3 rings (SSSR count). The van der Waals surface area contributed by atoms with Gasteiger partial charge in [0.25, 0.3) is 0 Å². The van der Waals surface area contributed by atoms with Crippen LogP contribution in [0, 0.1) is 0 Å². The Morgan fingerprint density at radius 1 is 0.659 bits per heavy atom. The van der Waals surface area contributed by atoms with Crippen LogP contribution < -0.4 is 0 Å². The van der Waals surface area contributed by atoms with E-state index in [-0.39, 0.29) is 42.6 Å². The van der Waals surface area contributed by atoms with E-state index in [4.69, 9.17) is 14.2 Å². The Balaban J connectivity index is 1.13. The van der Waals surface area contributed by atoms with Crippen molar-refractivity contribution >= 4 is 5.97 Å². The maximum absolute atomic E-state index is 11.7. The lowest BCUT2D eigenvalue weighted by Gasteiger charge is -2.24. The molecule has 3 heterocycles. The highest BCUT2D eigenvalue weighted by Crippen LogP contribution is 2.34. The van der Waals surface area contributed by atoms with Crippen LogP contribution in [-0.4, -0.2) is 70.1 Å². The second-order valence-corrected chi connectivity index (χ2v) is 14.0. The molecule has 2 fully saturated rings. The molecule has 8 atom stereocenters. The maximum atomic E-state index is 11.7. The fraction of sp³-hybridized carbons (Fsp3) is 0.919. The highest BCUT2D eigenvalue weighted by Gasteiger charge is 2.40. The third-order valence-corrected chi connectivity index (χ3v) is 10.0. The molecule has 0 spiro atoms.